The maximum atomic E-state index is 10.6. The van der Waals surface area contributed by atoms with Crippen LogP contribution in [0.3, 0.4) is 0 Å². The average Bonchev–Trinajstić information content (AvgIpc) is 1.80. The quantitative estimate of drug-likeness (QED) is 0.507. The Hall–Kier alpha value is -0.890. The SMILES string of the molecule is N=C1C=CC(=O)C(Cl)=C1. The van der Waals surface area contributed by atoms with E-state index in [0.717, 1.165) is 0 Å². The van der Waals surface area contributed by atoms with Gasteiger partial charge >= 0.3 is 0 Å². The van der Waals surface area contributed by atoms with Gasteiger partial charge in [0.25, 0.3) is 0 Å². The van der Waals surface area contributed by atoms with E-state index in [9.17, 15) is 4.79 Å². The van der Waals surface area contributed by atoms with E-state index in [-0.39, 0.29) is 16.5 Å². The van der Waals surface area contributed by atoms with Crippen LogP contribution in [-0.2, 0) is 4.79 Å². The zero-order chi connectivity index (χ0) is 6.85. The Morgan fingerprint density at radius 3 is 2.56 bits per heavy atom. The molecule has 3 heteroatoms. The van der Waals surface area contributed by atoms with Gasteiger partial charge in [0, 0.05) is 0 Å². The lowest BCUT2D eigenvalue weighted by Crippen LogP contribution is -2.01. The van der Waals surface area contributed by atoms with E-state index in [2.05, 4.69) is 0 Å². The molecule has 0 aliphatic heterocycles. The lowest BCUT2D eigenvalue weighted by atomic mass is 10.2. The number of hydrogen-bond donors (Lipinski definition) is 1. The van der Waals surface area contributed by atoms with Gasteiger partial charge in [-0.15, -0.1) is 0 Å². The molecule has 0 saturated carbocycles. The third-order valence-corrected chi connectivity index (χ3v) is 1.23. The second-order valence-electron chi connectivity index (χ2n) is 1.65. The summed E-state index contributed by atoms with van der Waals surface area (Å²) in [5.74, 6) is -0.229. The van der Waals surface area contributed by atoms with Crippen molar-refractivity contribution in [3.05, 3.63) is 23.3 Å². The van der Waals surface area contributed by atoms with Crippen LogP contribution in [0.1, 0.15) is 0 Å². The first-order valence-corrected chi connectivity index (χ1v) is 2.76. The molecule has 0 aromatic heterocycles. The first kappa shape index (κ1) is 6.23. The molecule has 0 atom stereocenters. The summed E-state index contributed by atoms with van der Waals surface area (Å²) >= 11 is 5.38. The predicted molar refractivity (Wildman–Crippen MR) is 35.8 cm³/mol. The van der Waals surface area contributed by atoms with Crippen LogP contribution < -0.4 is 0 Å². The van der Waals surface area contributed by atoms with Gasteiger partial charge in [0.15, 0.2) is 5.78 Å². The van der Waals surface area contributed by atoms with E-state index in [1.54, 1.807) is 0 Å². The molecule has 0 fully saturated rings. The van der Waals surface area contributed by atoms with E-state index in [1.807, 2.05) is 0 Å². The van der Waals surface area contributed by atoms with E-state index in [0.29, 0.717) is 0 Å². The smallest absolute Gasteiger partial charge is 0.197 e. The van der Waals surface area contributed by atoms with Crippen LogP contribution in [0.5, 0.6) is 0 Å². The highest BCUT2D eigenvalue weighted by molar-refractivity contribution is 6.47. The molecular formula is C6H4ClNO. The van der Waals surface area contributed by atoms with Crippen molar-refractivity contribution in [3.8, 4) is 0 Å². The largest absolute Gasteiger partial charge is 0.301 e. The van der Waals surface area contributed by atoms with Crippen LogP contribution >= 0.6 is 11.6 Å². The van der Waals surface area contributed by atoms with Gasteiger partial charge in [-0.3, -0.25) is 4.79 Å². The number of rotatable bonds is 0. The van der Waals surface area contributed by atoms with Crippen molar-refractivity contribution in [1.29, 1.82) is 5.41 Å². The van der Waals surface area contributed by atoms with Crippen LogP contribution in [0.2, 0.25) is 0 Å². The highest BCUT2D eigenvalue weighted by atomic mass is 35.5. The summed E-state index contributed by atoms with van der Waals surface area (Å²) in [6.45, 7) is 0. The molecule has 0 radical (unpaired) electrons. The molecule has 9 heavy (non-hydrogen) atoms. The van der Waals surface area contributed by atoms with Crippen molar-refractivity contribution >= 4 is 23.1 Å². The van der Waals surface area contributed by atoms with Crippen molar-refractivity contribution in [3.63, 3.8) is 0 Å². The minimum absolute atomic E-state index is 0.113. The Balaban J connectivity index is 2.95. The fourth-order valence-electron chi connectivity index (χ4n) is 0.501. The number of carbonyl (C=O) groups is 1. The third-order valence-electron chi connectivity index (χ3n) is 0.932. The summed E-state index contributed by atoms with van der Waals surface area (Å²) < 4.78 is 0. The Morgan fingerprint density at radius 1 is 1.44 bits per heavy atom. The van der Waals surface area contributed by atoms with Crippen molar-refractivity contribution in [2.45, 2.75) is 0 Å². The van der Waals surface area contributed by atoms with Crippen LogP contribution in [-0.4, -0.2) is 11.5 Å². The maximum absolute atomic E-state index is 10.6. The van der Waals surface area contributed by atoms with Crippen molar-refractivity contribution in [2.75, 3.05) is 0 Å². The van der Waals surface area contributed by atoms with Gasteiger partial charge < -0.3 is 5.41 Å². The molecule has 46 valence electrons. The molecule has 1 aliphatic rings. The minimum Gasteiger partial charge on any atom is -0.301 e. The van der Waals surface area contributed by atoms with Crippen LogP contribution in [0, 0.1) is 5.41 Å². The molecular weight excluding hydrogens is 138 g/mol. The van der Waals surface area contributed by atoms with Gasteiger partial charge in [-0.1, -0.05) is 11.6 Å². The highest BCUT2D eigenvalue weighted by Crippen LogP contribution is 2.08. The summed E-state index contributed by atoms with van der Waals surface area (Å²) in [7, 11) is 0. The number of ketones is 1. The van der Waals surface area contributed by atoms with Crippen molar-refractivity contribution < 1.29 is 4.79 Å². The molecule has 0 spiro atoms. The Bertz CT molecular complexity index is 227. The van der Waals surface area contributed by atoms with Gasteiger partial charge in [-0.05, 0) is 18.2 Å². The number of halogens is 1. The molecule has 1 aliphatic carbocycles. The number of nitrogens with one attached hydrogen (secondary N) is 1. The third kappa shape index (κ3) is 1.27. The molecule has 0 heterocycles. The first-order valence-electron chi connectivity index (χ1n) is 2.38. The highest BCUT2D eigenvalue weighted by Gasteiger charge is 2.06. The molecule has 0 saturated heterocycles. The summed E-state index contributed by atoms with van der Waals surface area (Å²) in [6.07, 6.45) is 4.02. The van der Waals surface area contributed by atoms with Gasteiger partial charge in [-0.25, -0.2) is 0 Å². The standard InChI is InChI=1S/C6H4ClNO/c7-5-3-4(8)1-2-6(5)9/h1-3,8H. The Labute approximate surface area is 57.3 Å². The zero-order valence-electron chi connectivity index (χ0n) is 4.52. The van der Waals surface area contributed by atoms with E-state index < -0.39 is 0 Å². The van der Waals surface area contributed by atoms with Gasteiger partial charge in [0.05, 0.1) is 10.7 Å². The molecule has 1 N–H and O–H groups in total. The molecule has 0 unspecified atom stereocenters. The maximum Gasteiger partial charge on any atom is 0.197 e. The number of allylic oxidation sites excluding steroid dienone is 4. The number of hydrogen-bond acceptors (Lipinski definition) is 2. The first-order chi connectivity index (χ1) is 4.20. The summed E-state index contributed by atoms with van der Waals surface area (Å²) in [4.78, 5) is 10.6. The monoisotopic (exact) mass is 141 g/mol. The van der Waals surface area contributed by atoms with Crippen LogP contribution in [0.15, 0.2) is 23.3 Å². The van der Waals surface area contributed by atoms with Crippen molar-refractivity contribution in [1.82, 2.24) is 0 Å². The fourth-order valence-corrected chi connectivity index (χ4v) is 0.681. The average molecular weight is 142 g/mol. The normalized spacial score (nSPS) is 18.1. The topological polar surface area (TPSA) is 40.9 Å². The molecule has 1 rings (SSSR count). The van der Waals surface area contributed by atoms with Gasteiger partial charge in [0.2, 0.25) is 0 Å². The molecule has 2 nitrogen and oxygen atoms in total. The predicted octanol–water partition coefficient (Wildman–Crippen LogP) is 1.27. The lowest BCUT2D eigenvalue weighted by molar-refractivity contribution is -0.110. The Kier molecular flexibility index (Phi) is 1.49. The Morgan fingerprint density at radius 2 is 2.11 bits per heavy atom. The summed E-state index contributed by atoms with van der Waals surface area (Å²) in [5, 5.41) is 7.12. The second kappa shape index (κ2) is 2.15. The van der Waals surface area contributed by atoms with Crippen LogP contribution in [0.4, 0.5) is 0 Å². The summed E-state index contributed by atoms with van der Waals surface area (Å²) in [5.41, 5.74) is 0.264. The van der Waals surface area contributed by atoms with E-state index >= 15 is 0 Å². The fraction of sp³-hybridized carbons (Fsp3) is 0. The molecule has 0 aromatic carbocycles. The molecule has 0 bridgehead atoms. The number of carbonyl (C=O) groups excluding carboxylic acids is 1. The van der Waals surface area contributed by atoms with E-state index in [1.165, 1.54) is 18.2 Å². The van der Waals surface area contributed by atoms with Gasteiger partial charge in [0.1, 0.15) is 0 Å². The van der Waals surface area contributed by atoms with Crippen LogP contribution in [0.25, 0.3) is 0 Å². The van der Waals surface area contributed by atoms with E-state index in [4.69, 9.17) is 17.0 Å². The van der Waals surface area contributed by atoms with Crippen molar-refractivity contribution in [2.24, 2.45) is 0 Å². The molecule has 0 amide bonds. The van der Waals surface area contributed by atoms with Gasteiger partial charge in [-0.2, -0.15) is 0 Å². The summed E-state index contributed by atoms with van der Waals surface area (Å²) in [6, 6.07) is 0. The molecule has 0 aromatic rings. The lowest BCUT2D eigenvalue weighted by Gasteiger charge is -1.97. The zero-order valence-corrected chi connectivity index (χ0v) is 5.27. The minimum atomic E-state index is -0.229. The second-order valence-corrected chi connectivity index (χ2v) is 2.05.